The van der Waals surface area contributed by atoms with E-state index >= 15 is 0 Å². The lowest BCUT2D eigenvalue weighted by Crippen LogP contribution is -2.42. The Hall–Kier alpha value is -2.33. The van der Waals surface area contributed by atoms with Crippen LogP contribution in [0.25, 0.3) is 0 Å². The van der Waals surface area contributed by atoms with Crippen LogP contribution in [-0.4, -0.2) is 78.5 Å². The normalized spacial score (nSPS) is 25.6. The number of carbonyl (C=O) groups is 2. The maximum Gasteiger partial charge on any atom is 0.490 e. The lowest BCUT2D eigenvalue weighted by molar-refractivity contribution is -0.192. The minimum atomic E-state index is -5.08. The number of ether oxygens (including phenoxy) is 2. The Morgan fingerprint density at radius 3 is 2.53 bits per heavy atom. The summed E-state index contributed by atoms with van der Waals surface area (Å²) in [5, 5.41) is 7.12. The number of halogens is 3. The van der Waals surface area contributed by atoms with E-state index in [4.69, 9.17) is 19.4 Å². The quantitative estimate of drug-likeness (QED) is 0.748. The van der Waals surface area contributed by atoms with Crippen LogP contribution in [0.5, 0.6) is 5.75 Å². The predicted octanol–water partition coefficient (Wildman–Crippen LogP) is 2.93. The number of hydrogen-bond acceptors (Lipinski definition) is 5. The number of hydrogen-bond donors (Lipinski definition) is 1. The Morgan fingerprint density at radius 2 is 1.91 bits per heavy atom. The van der Waals surface area contributed by atoms with E-state index in [-0.39, 0.29) is 18.1 Å². The number of methoxy groups -OCH3 is 1. The molecule has 1 aromatic rings. The van der Waals surface area contributed by atoms with Gasteiger partial charge < -0.3 is 19.5 Å². The Balaban J connectivity index is 0.000000360. The van der Waals surface area contributed by atoms with Gasteiger partial charge in [0.2, 0.25) is 0 Å². The number of amides is 1. The zero-order chi connectivity index (χ0) is 23.3. The average Bonchev–Trinajstić information content (AvgIpc) is 3.43. The summed E-state index contributed by atoms with van der Waals surface area (Å²) in [5.74, 6) is -1.09. The van der Waals surface area contributed by atoms with Gasteiger partial charge in [-0.1, -0.05) is 12.1 Å². The standard InChI is InChI=1S/C20H28N2O3.C2HF3O2/c1-24-17-6-4-5-15(11-17)13-21-10-7-16-12-18(25-19(16)14-21)20(23)22-8-2-3-9-22;3-2(4,5)1(6)7/h4-6,11,16,18-19H,2-3,7-10,12-14H2,1H3;(H,6,7)/t16-,18-,19-;/m0./s1. The molecule has 0 bridgehead atoms. The number of alkyl halides is 3. The summed E-state index contributed by atoms with van der Waals surface area (Å²) >= 11 is 0. The molecule has 3 atom stereocenters. The molecule has 3 saturated heterocycles. The number of carboxylic acids is 1. The zero-order valence-electron chi connectivity index (χ0n) is 18.0. The molecule has 1 aromatic carbocycles. The van der Waals surface area contributed by atoms with Crippen molar-refractivity contribution in [2.75, 3.05) is 33.3 Å². The predicted molar refractivity (Wildman–Crippen MR) is 109 cm³/mol. The summed E-state index contributed by atoms with van der Waals surface area (Å²) in [5.41, 5.74) is 1.26. The van der Waals surface area contributed by atoms with Crippen LogP contribution in [0.2, 0.25) is 0 Å². The van der Waals surface area contributed by atoms with Crippen molar-refractivity contribution in [3.63, 3.8) is 0 Å². The minimum absolute atomic E-state index is 0.204. The number of benzene rings is 1. The van der Waals surface area contributed by atoms with Crippen LogP contribution >= 0.6 is 0 Å². The average molecular weight is 458 g/mol. The smallest absolute Gasteiger partial charge is 0.490 e. The molecule has 7 nitrogen and oxygen atoms in total. The van der Waals surface area contributed by atoms with Gasteiger partial charge in [-0.05, 0) is 55.8 Å². The zero-order valence-corrected chi connectivity index (χ0v) is 18.0. The molecule has 32 heavy (non-hydrogen) atoms. The van der Waals surface area contributed by atoms with Crippen molar-refractivity contribution >= 4 is 11.9 Å². The van der Waals surface area contributed by atoms with Gasteiger partial charge in [0.25, 0.3) is 5.91 Å². The summed E-state index contributed by atoms with van der Waals surface area (Å²) in [4.78, 5) is 25.9. The van der Waals surface area contributed by atoms with Gasteiger partial charge in [0.05, 0.1) is 13.2 Å². The minimum Gasteiger partial charge on any atom is -0.497 e. The van der Waals surface area contributed by atoms with Crippen molar-refractivity contribution in [1.82, 2.24) is 9.80 Å². The highest BCUT2D eigenvalue weighted by atomic mass is 19.4. The Morgan fingerprint density at radius 1 is 1.22 bits per heavy atom. The first-order chi connectivity index (χ1) is 15.2. The van der Waals surface area contributed by atoms with Crippen LogP contribution in [0.1, 0.15) is 31.2 Å². The van der Waals surface area contributed by atoms with Crippen LogP contribution < -0.4 is 4.74 Å². The fourth-order valence-electron chi connectivity index (χ4n) is 4.47. The molecular weight excluding hydrogens is 429 g/mol. The molecule has 0 unspecified atom stereocenters. The molecule has 0 spiro atoms. The number of carbonyl (C=O) groups excluding carboxylic acids is 1. The molecule has 10 heteroatoms. The Labute approximate surface area is 185 Å². The van der Waals surface area contributed by atoms with Gasteiger partial charge in [-0.2, -0.15) is 13.2 Å². The third-order valence-electron chi connectivity index (χ3n) is 6.11. The molecular formula is C22H29F3N2O5. The number of aliphatic carboxylic acids is 1. The number of fused-ring (bicyclic) bond motifs is 1. The number of piperidine rings is 1. The number of nitrogens with zero attached hydrogens (tertiary/aromatic N) is 2. The van der Waals surface area contributed by atoms with E-state index in [9.17, 15) is 18.0 Å². The van der Waals surface area contributed by atoms with E-state index in [1.165, 1.54) is 5.56 Å². The third-order valence-corrected chi connectivity index (χ3v) is 6.11. The first-order valence-corrected chi connectivity index (χ1v) is 10.8. The van der Waals surface area contributed by atoms with Crippen LogP contribution in [0.3, 0.4) is 0 Å². The van der Waals surface area contributed by atoms with Crippen LogP contribution in [0, 0.1) is 5.92 Å². The number of carboxylic acid groups (broad SMARTS) is 1. The van der Waals surface area contributed by atoms with Gasteiger partial charge in [-0.25, -0.2) is 4.79 Å². The van der Waals surface area contributed by atoms with E-state index in [1.54, 1.807) is 7.11 Å². The van der Waals surface area contributed by atoms with Crippen LogP contribution in [-0.2, 0) is 20.9 Å². The summed E-state index contributed by atoms with van der Waals surface area (Å²) < 4.78 is 43.2. The molecule has 178 valence electrons. The highest BCUT2D eigenvalue weighted by Gasteiger charge is 2.43. The van der Waals surface area contributed by atoms with Crippen molar-refractivity contribution in [2.24, 2.45) is 5.92 Å². The van der Waals surface area contributed by atoms with Gasteiger partial charge >= 0.3 is 12.1 Å². The Bertz CT molecular complexity index is 798. The molecule has 0 saturated carbocycles. The highest BCUT2D eigenvalue weighted by Crippen LogP contribution is 2.35. The molecule has 3 aliphatic heterocycles. The fraction of sp³-hybridized carbons (Fsp3) is 0.636. The first-order valence-electron chi connectivity index (χ1n) is 10.8. The van der Waals surface area contributed by atoms with Crippen LogP contribution in [0.15, 0.2) is 24.3 Å². The van der Waals surface area contributed by atoms with Gasteiger partial charge in [0.15, 0.2) is 0 Å². The number of likely N-dealkylation sites (tertiary alicyclic amines) is 2. The summed E-state index contributed by atoms with van der Waals surface area (Å²) in [6.07, 6.45) is -0.772. The highest BCUT2D eigenvalue weighted by molar-refractivity contribution is 5.81. The summed E-state index contributed by atoms with van der Waals surface area (Å²) in [7, 11) is 1.70. The van der Waals surface area contributed by atoms with Crippen molar-refractivity contribution in [1.29, 1.82) is 0 Å². The monoisotopic (exact) mass is 458 g/mol. The molecule has 3 heterocycles. The SMILES string of the molecule is COc1cccc(CN2CC[C@H]3C[C@@H](C(=O)N4CCCC4)O[C@H]3C2)c1.O=C(O)C(F)(F)F. The molecule has 0 aromatic heterocycles. The van der Waals surface area contributed by atoms with Crippen molar-refractivity contribution in [2.45, 2.75) is 50.6 Å². The second-order valence-corrected chi connectivity index (χ2v) is 8.37. The van der Waals surface area contributed by atoms with E-state index in [1.807, 2.05) is 17.0 Å². The summed E-state index contributed by atoms with van der Waals surface area (Å²) in [6, 6.07) is 8.26. The van der Waals surface area contributed by atoms with Crippen molar-refractivity contribution in [3.8, 4) is 5.75 Å². The van der Waals surface area contributed by atoms with Crippen molar-refractivity contribution in [3.05, 3.63) is 29.8 Å². The molecule has 1 amide bonds. The van der Waals surface area contributed by atoms with Crippen LogP contribution in [0.4, 0.5) is 13.2 Å². The van der Waals surface area contributed by atoms with Crippen molar-refractivity contribution < 1.29 is 37.3 Å². The molecule has 3 aliphatic rings. The maximum atomic E-state index is 12.6. The lowest BCUT2D eigenvalue weighted by Gasteiger charge is -2.34. The summed E-state index contributed by atoms with van der Waals surface area (Å²) in [6.45, 7) is 4.73. The lowest BCUT2D eigenvalue weighted by atomic mass is 9.91. The van der Waals surface area contributed by atoms with E-state index in [2.05, 4.69) is 17.0 Å². The first kappa shape index (κ1) is 24.3. The molecule has 4 rings (SSSR count). The van der Waals surface area contributed by atoms with E-state index < -0.39 is 12.1 Å². The second-order valence-electron chi connectivity index (χ2n) is 8.37. The second kappa shape index (κ2) is 10.5. The fourth-order valence-corrected chi connectivity index (χ4v) is 4.47. The van der Waals surface area contributed by atoms with E-state index in [0.717, 1.165) is 64.2 Å². The molecule has 0 aliphatic carbocycles. The van der Waals surface area contributed by atoms with Gasteiger partial charge in [0.1, 0.15) is 11.9 Å². The molecule has 0 radical (unpaired) electrons. The van der Waals surface area contributed by atoms with Gasteiger partial charge in [0, 0.05) is 26.2 Å². The van der Waals surface area contributed by atoms with Gasteiger partial charge in [-0.15, -0.1) is 0 Å². The Kier molecular flexibility index (Phi) is 8.00. The van der Waals surface area contributed by atoms with Gasteiger partial charge in [-0.3, -0.25) is 9.69 Å². The maximum absolute atomic E-state index is 12.6. The number of rotatable bonds is 4. The third kappa shape index (κ3) is 6.35. The van der Waals surface area contributed by atoms with E-state index in [0.29, 0.717) is 5.92 Å². The largest absolute Gasteiger partial charge is 0.497 e. The molecule has 3 fully saturated rings. The topological polar surface area (TPSA) is 79.3 Å². The molecule has 1 N–H and O–H groups in total.